The SMILES string of the molecule is C=C(Br)CNC(=O)[C@H]1CNCCO1.Cl. The molecule has 1 fully saturated rings. The lowest BCUT2D eigenvalue weighted by molar-refractivity contribution is -0.133. The van der Waals surface area contributed by atoms with Crippen molar-refractivity contribution in [3.63, 3.8) is 0 Å². The summed E-state index contributed by atoms with van der Waals surface area (Å²) in [5.41, 5.74) is 0. The summed E-state index contributed by atoms with van der Waals surface area (Å²) in [6.07, 6.45) is -0.361. The van der Waals surface area contributed by atoms with E-state index in [1.54, 1.807) is 0 Å². The van der Waals surface area contributed by atoms with Gasteiger partial charge >= 0.3 is 0 Å². The molecule has 1 aliphatic heterocycles. The van der Waals surface area contributed by atoms with E-state index in [0.29, 0.717) is 19.7 Å². The van der Waals surface area contributed by atoms with Crippen molar-refractivity contribution in [3.05, 3.63) is 11.1 Å². The zero-order chi connectivity index (χ0) is 9.68. The van der Waals surface area contributed by atoms with Crippen LogP contribution >= 0.6 is 28.3 Å². The van der Waals surface area contributed by atoms with E-state index in [2.05, 4.69) is 33.1 Å². The monoisotopic (exact) mass is 284 g/mol. The molecular formula is C8H14BrClN2O2. The number of halogens is 2. The maximum atomic E-state index is 11.4. The van der Waals surface area contributed by atoms with Crippen LogP contribution in [-0.4, -0.2) is 38.3 Å². The first-order valence-corrected chi connectivity index (χ1v) is 4.93. The number of rotatable bonds is 3. The topological polar surface area (TPSA) is 50.4 Å². The van der Waals surface area contributed by atoms with Crippen LogP contribution in [0.2, 0.25) is 0 Å². The summed E-state index contributed by atoms with van der Waals surface area (Å²) < 4.78 is 6.01. The fourth-order valence-corrected chi connectivity index (χ4v) is 1.17. The molecule has 2 N–H and O–H groups in total. The van der Waals surface area contributed by atoms with Crippen LogP contribution in [-0.2, 0) is 9.53 Å². The van der Waals surface area contributed by atoms with Crippen LogP contribution in [0.3, 0.4) is 0 Å². The molecule has 0 spiro atoms. The van der Waals surface area contributed by atoms with Gasteiger partial charge in [-0.15, -0.1) is 12.4 Å². The first kappa shape index (κ1) is 13.9. The molecule has 0 aromatic rings. The van der Waals surface area contributed by atoms with Crippen molar-refractivity contribution >= 4 is 34.2 Å². The number of hydrogen-bond donors (Lipinski definition) is 2. The molecule has 0 aromatic heterocycles. The van der Waals surface area contributed by atoms with Gasteiger partial charge in [-0.1, -0.05) is 22.5 Å². The Kier molecular flexibility index (Phi) is 7.17. The minimum atomic E-state index is -0.361. The number of nitrogens with one attached hydrogen (secondary N) is 2. The molecule has 0 unspecified atom stereocenters. The summed E-state index contributed by atoms with van der Waals surface area (Å²) >= 11 is 3.16. The lowest BCUT2D eigenvalue weighted by Crippen LogP contribution is -2.48. The molecular weight excluding hydrogens is 271 g/mol. The highest BCUT2D eigenvalue weighted by atomic mass is 79.9. The summed E-state index contributed by atoms with van der Waals surface area (Å²) in [4.78, 5) is 11.4. The van der Waals surface area contributed by atoms with Gasteiger partial charge in [0.15, 0.2) is 0 Å². The molecule has 1 aliphatic rings. The average Bonchev–Trinajstić information content (AvgIpc) is 2.15. The number of morpholine rings is 1. The molecule has 1 rings (SSSR count). The molecule has 1 heterocycles. The largest absolute Gasteiger partial charge is 0.366 e. The van der Waals surface area contributed by atoms with E-state index >= 15 is 0 Å². The summed E-state index contributed by atoms with van der Waals surface area (Å²) in [5.74, 6) is -0.0900. The van der Waals surface area contributed by atoms with Crippen LogP contribution in [0.5, 0.6) is 0 Å². The second-order valence-electron chi connectivity index (χ2n) is 2.80. The van der Waals surface area contributed by atoms with E-state index in [-0.39, 0.29) is 24.4 Å². The van der Waals surface area contributed by atoms with Crippen molar-refractivity contribution in [1.29, 1.82) is 0 Å². The number of amides is 1. The third-order valence-corrected chi connectivity index (χ3v) is 1.95. The normalized spacial score (nSPS) is 20.8. The van der Waals surface area contributed by atoms with Gasteiger partial charge in [0.1, 0.15) is 6.10 Å². The molecule has 1 atom stereocenters. The van der Waals surface area contributed by atoms with Gasteiger partial charge in [-0.2, -0.15) is 0 Å². The third kappa shape index (κ3) is 4.95. The lowest BCUT2D eigenvalue weighted by atomic mass is 10.3. The van der Waals surface area contributed by atoms with Gasteiger partial charge in [-0.05, 0) is 0 Å². The fraction of sp³-hybridized carbons (Fsp3) is 0.625. The standard InChI is InChI=1S/C8H13BrN2O2.ClH/c1-6(9)4-11-8(12)7-5-10-2-3-13-7;/h7,10H,1-5H2,(H,11,12);1H/t7-;/m1./s1. The van der Waals surface area contributed by atoms with Gasteiger partial charge in [0.25, 0.3) is 5.91 Å². The van der Waals surface area contributed by atoms with Gasteiger partial charge in [-0.25, -0.2) is 0 Å². The number of carbonyl (C=O) groups excluding carboxylic acids is 1. The molecule has 4 nitrogen and oxygen atoms in total. The highest BCUT2D eigenvalue weighted by Crippen LogP contribution is 1.99. The van der Waals surface area contributed by atoms with E-state index in [0.717, 1.165) is 11.0 Å². The maximum absolute atomic E-state index is 11.4. The second kappa shape index (κ2) is 7.23. The summed E-state index contributed by atoms with van der Waals surface area (Å²) in [5, 5.41) is 5.78. The van der Waals surface area contributed by atoms with E-state index in [1.807, 2.05) is 0 Å². The van der Waals surface area contributed by atoms with Gasteiger partial charge in [0.2, 0.25) is 0 Å². The van der Waals surface area contributed by atoms with Gasteiger partial charge in [0.05, 0.1) is 6.61 Å². The van der Waals surface area contributed by atoms with E-state index in [4.69, 9.17) is 4.74 Å². The molecule has 0 bridgehead atoms. The van der Waals surface area contributed by atoms with Crippen LogP contribution < -0.4 is 10.6 Å². The third-order valence-electron chi connectivity index (χ3n) is 1.67. The van der Waals surface area contributed by atoms with Crippen molar-refractivity contribution in [2.45, 2.75) is 6.10 Å². The summed E-state index contributed by atoms with van der Waals surface area (Å²) in [7, 11) is 0. The zero-order valence-electron chi connectivity index (χ0n) is 7.72. The Morgan fingerprint density at radius 1 is 1.71 bits per heavy atom. The Bertz CT molecular complexity index is 208. The average molecular weight is 286 g/mol. The van der Waals surface area contributed by atoms with Crippen molar-refractivity contribution in [1.82, 2.24) is 10.6 Å². The van der Waals surface area contributed by atoms with Gasteiger partial charge in [-0.3, -0.25) is 4.79 Å². The van der Waals surface area contributed by atoms with Crippen molar-refractivity contribution in [2.75, 3.05) is 26.2 Å². The molecule has 6 heteroatoms. The highest BCUT2D eigenvalue weighted by Gasteiger charge is 2.20. The Hall–Kier alpha value is -0.100. The highest BCUT2D eigenvalue weighted by molar-refractivity contribution is 9.11. The van der Waals surface area contributed by atoms with E-state index < -0.39 is 0 Å². The summed E-state index contributed by atoms with van der Waals surface area (Å²) in [6.45, 7) is 6.05. The Morgan fingerprint density at radius 3 is 2.93 bits per heavy atom. The Balaban J connectivity index is 0.00000169. The minimum Gasteiger partial charge on any atom is -0.366 e. The molecule has 14 heavy (non-hydrogen) atoms. The van der Waals surface area contributed by atoms with Crippen molar-refractivity contribution in [3.8, 4) is 0 Å². The molecule has 82 valence electrons. The smallest absolute Gasteiger partial charge is 0.250 e. The predicted molar refractivity (Wildman–Crippen MR) is 60.9 cm³/mol. The molecule has 0 aliphatic carbocycles. The van der Waals surface area contributed by atoms with Crippen molar-refractivity contribution < 1.29 is 9.53 Å². The van der Waals surface area contributed by atoms with Crippen LogP contribution in [0.15, 0.2) is 11.1 Å². The molecule has 0 radical (unpaired) electrons. The maximum Gasteiger partial charge on any atom is 0.250 e. The molecule has 1 amide bonds. The Labute approximate surface area is 98.0 Å². The minimum absolute atomic E-state index is 0. The van der Waals surface area contributed by atoms with Crippen molar-refractivity contribution in [2.24, 2.45) is 0 Å². The quantitative estimate of drug-likeness (QED) is 0.790. The second-order valence-corrected chi connectivity index (χ2v) is 3.92. The summed E-state index contributed by atoms with van der Waals surface area (Å²) in [6, 6.07) is 0. The van der Waals surface area contributed by atoms with Crippen LogP contribution in [0.4, 0.5) is 0 Å². The molecule has 1 saturated heterocycles. The number of hydrogen-bond acceptors (Lipinski definition) is 3. The van der Waals surface area contributed by atoms with Crippen LogP contribution in [0.1, 0.15) is 0 Å². The zero-order valence-corrected chi connectivity index (χ0v) is 10.1. The van der Waals surface area contributed by atoms with Crippen LogP contribution in [0, 0.1) is 0 Å². The van der Waals surface area contributed by atoms with Gasteiger partial charge in [0, 0.05) is 24.1 Å². The predicted octanol–water partition coefficient (Wildman–Crippen LogP) is 0.421. The van der Waals surface area contributed by atoms with Crippen LogP contribution in [0.25, 0.3) is 0 Å². The molecule has 0 aromatic carbocycles. The molecule has 0 saturated carbocycles. The van der Waals surface area contributed by atoms with E-state index in [9.17, 15) is 4.79 Å². The van der Waals surface area contributed by atoms with Gasteiger partial charge < -0.3 is 15.4 Å². The first-order chi connectivity index (χ1) is 6.20. The first-order valence-electron chi connectivity index (χ1n) is 4.13. The van der Waals surface area contributed by atoms with E-state index in [1.165, 1.54) is 0 Å². The fourth-order valence-electron chi connectivity index (χ4n) is 1.03. The lowest BCUT2D eigenvalue weighted by Gasteiger charge is -2.22. The Morgan fingerprint density at radius 2 is 2.43 bits per heavy atom. The number of ether oxygens (including phenoxy) is 1. The number of carbonyl (C=O) groups is 1.